The van der Waals surface area contributed by atoms with Crippen molar-refractivity contribution in [3.8, 4) is 0 Å². The molecule has 0 radical (unpaired) electrons. The van der Waals surface area contributed by atoms with Crippen LogP contribution in [0, 0.1) is 6.92 Å². The molecule has 0 aliphatic carbocycles. The van der Waals surface area contributed by atoms with Gasteiger partial charge in [-0.2, -0.15) is 0 Å². The fourth-order valence-electron chi connectivity index (χ4n) is 3.25. The summed E-state index contributed by atoms with van der Waals surface area (Å²) in [5.74, 6) is 0.245. The first-order chi connectivity index (χ1) is 11.2. The zero-order chi connectivity index (χ0) is 16.1. The normalized spacial score (nSPS) is 25.0. The Morgan fingerprint density at radius 1 is 1.48 bits per heavy atom. The number of aromatic nitrogens is 1. The van der Waals surface area contributed by atoms with Crippen molar-refractivity contribution >= 4 is 17.2 Å². The van der Waals surface area contributed by atoms with Crippen LogP contribution in [-0.4, -0.2) is 47.7 Å². The molecule has 0 saturated carbocycles. The van der Waals surface area contributed by atoms with E-state index in [4.69, 9.17) is 9.47 Å². The van der Waals surface area contributed by atoms with E-state index in [0.717, 1.165) is 49.5 Å². The molecule has 2 aliphatic heterocycles. The highest BCUT2D eigenvalue weighted by atomic mass is 32.1. The molecule has 2 fully saturated rings. The maximum Gasteiger partial charge on any atom is 0.222 e. The molecule has 0 unspecified atom stereocenters. The van der Waals surface area contributed by atoms with Crippen LogP contribution in [0.15, 0.2) is 5.38 Å². The predicted molar refractivity (Wildman–Crippen MR) is 89.5 cm³/mol. The first kappa shape index (κ1) is 16.9. The molecule has 0 spiro atoms. The van der Waals surface area contributed by atoms with E-state index in [1.807, 2.05) is 17.2 Å². The van der Waals surface area contributed by atoms with Gasteiger partial charge in [-0.3, -0.25) is 4.79 Å². The van der Waals surface area contributed by atoms with E-state index in [0.29, 0.717) is 19.6 Å². The monoisotopic (exact) mass is 338 g/mol. The van der Waals surface area contributed by atoms with E-state index >= 15 is 0 Å². The number of nitrogens with zero attached hydrogens (tertiary/aromatic N) is 2. The van der Waals surface area contributed by atoms with Gasteiger partial charge in [-0.1, -0.05) is 0 Å². The number of likely N-dealkylation sites (tertiary alicyclic amines) is 1. The Bertz CT molecular complexity index is 514. The summed E-state index contributed by atoms with van der Waals surface area (Å²) in [5.41, 5.74) is 0.992. The van der Waals surface area contributed by atoms with Crippen molar-refractivity contribution in [2.75, 3.05) is 19.7 Å². The highest BCUT2D eigenvalue weighted by Crippen LogP contribution is 2.20. The lowest BCUT2D eigenvalue weighted by Gasteiger charge is -2.23. The quantitative estimate of drug-likeness (QED) is 0.800. The minimum atomic E-state index is 0.145. The molecule has 3 rings (SSSR count). The van der Waals surface area contributed by atoms with Gasteiger partial charge in [0.2, 0.25) is 5.91 Å². The van der Waals surface area contributed by atoms with Crippen LogP contribution in [-0.2, 0) is 20.9 Å². The van der Waals surface area contributed by atoms with E-state index in [-0.39, 0.29) is 18.1 Å². The van der Waals surface area contributed by atoms with Crippen LogP contribution in [0.4, 0.5) is 0 Å². The van der Waals surface area contributed by atoms with Crippen LogP contribution < -0.4 is 0 Å². The molecule has 3 heterocycles. The predicted octanol–water partition coefficient (Wildman–Crippen LogP) is 2.92. The molecule has 2 atom stereocenters. The van der Waals surface area contributed by atoms with Crippen molar-refractivity contribution in [3.05, 3.63) is 16.1 Å². The van der Waals surface area contributed by atoms with Gasteiger partial charge in [-0.25, -0.2) is 4.98 Å². The van der Waals surface area contributed by atoms with Crippen molar-refractivity contribution in [2.24, 2.45) is 0 Å². The van der Waals surface area contributed by atoms with Crippen LogP contribution >= 0.6 is 11.3 Å². The standard InChI is InChI=1S/C17H26N2O3S/c1-13-18-14(12-23-13)11-22-16-7-8-19(10-16)17(20)6-5-15-4-2-3-9-21-15/h12,15-16H,2-11H2,1H3/t15-,16-/m1/s1. The van der Waals surface area contributed by atoms with E-state index in [9.17, 15) is 4.79 Å². The van der Waals surface area contributed by atoms with Gasteiger partial charge in [0.1, 0.15) is 0 Å². The number of aryl methyl sites for hydroxylation is 1. The number of thiazole rings is 1. The first-order valence-electron chi connectivity index (χ1n) is 8.62. The van der Waals surface area contributed by atoms with Gasteiger partial charge in [0.15, 0.2) is 0 Å². The van der Waals surface area contributed by atoms with Crippen LogP contribution in [0.3, 0.4) is 0 Å². The summed E-state index contributed by atoms with van der Waals surface area (Å²) in [5, 5.41) is 3.11. The van der Waals surface area contributed by atoms with Crippen LogP contribution in [0.25, 0.3) is 0 Å². The zero-order valence-electron chi connectivity index (χ0n) is 13.8. The number of rotatable bonds is 6. The Kier molecular flexibility index (Phi) is 6.02. The van der Waals surface area contributed by atoms with E-state index in [1.165, 1.54) is 6.42 Å². The molecule has 0 bridgehead atoms. The summed E-state index contributed by atoms with van der Waals surface area (Å²) in [6, 6.07) is 0. The minimum absolute atomic E-state index is 0.145. The summed E-state index contributed by atoms with van der Waals surface area (Å²) in [6.45, 7) is 4.93. The molecule has 128 valence electrons. The Balaban J connectivity index is 1.35. The molecule has 0 N–H and O–H groups in total. The van der Waals surface area contributed by atoms with Crippen LogP contribution in [0.2, 0.25) is 0 Å². The molecule has 1 aromatic heterocycles. The van der Waals surface area contributed by atoms with Gasteiger partial charge >= 0.3 is 0 Å². The van der Waals surface area contributed by atoms with Crippen LogP contribution in [0.5, 0.6) is 0 Å². The molecule has 2 aliphatic rings. The summed E-state index contributed by atoms with van der Waals surface area (Å²) in [6.07, 6.45) is 6.31. The molecule has 5 nitrogen and oxygen atoms in total. The average Bonchev–Trinajstić information content (AvgIpc) is 3.20. The zero-order valence-corrected chi connectivity index (χ0v) is 14.6. The van der Waals surface area contributed by atoms with Crippen molar-refractivity contribution in [1.82, 2.24) is 9.88 Å². The summed E-state index contributed by atoms with van der Waals surface area (Å²) in [7, 11) is 0. The maximum atomic E-state index is 12.3. The number of hydrogen-bond acceptors (Lipinski definition) is 5. The third kappa shape index (κ3) is 4.99. The molecule has 23 heavy (non-hydrogen) atoms. The molecule has 1 amide bonds. The number of ether oxygens (including phenoxy) is 2. The molecule has 1 aromatic rings. The lowest BCUT2D eigenvalue weighted by atomic mass is 10.0. The minimum Gasteiger partial charge on any atom is -0.378 e. The Morgan fingerprint density at radius 3 is 3.13 bits per heavy atom. The molecular formula is C17H26N2O3S. The molecular weight excluding hydrogens is 312 g/mol. The fraction of sp³-hybridized carbons (Fsp3) is 0.765. The highest BCUT2D eigenvalue weighted by molar-refractivity contribution is 7.09. The summed E-state index contributed by atoms with van der Waals surface area (Å²) >= 11 is 1.64. The van der Waals surface area contributed by atoms with Gasteiger partial charge in [0, 0.05) is 31.5 Å². The van der Waals surface area contributed by atoms with Crippen molar-refractivity contribution < 1.29 is 14.3 Å². The number of carbonyl (C=O) groups excluding carboxylic acids is 1. The second kappa shape index (κ2) is 8.22. The van der Waals surface area contributed by atoms with Gasteiger partial charge in [0.25, 0.3) is 0 Å². The number of hydrogen-bond donors (Lipinski definition) is 0. The van der Waals surface area contributed by atoms with Crippen molar-refractivity contribution in [3.63, 3.8) is 0 Å². The maximum absolute atomic E-state index is 12.3. The largest absolute Gasteiger partial charge is 0.378 e. The SMILES string of the molecule is Cc1nc(CO[C@@H]2CCN(C(=O)CC[C@H]3CCCCO3)C2)cs1. The van der Waals surface area contributed by atoms with Gasteiger partial charge in [-0.15, -0.1) is 11.3 Å². The van der Waals surface area contributed by atoms with Crippen molar-refractivity contribution in [2.45, 2.75) is 64.3 Å². The number of carbonyl (C=O) groups is 1. The third-order valence-corrected chi connectivity index (χ3v) is 5.41. The molecule has 2 saturated heterocycles. The Morgan fingerprint density at radius 2 is 2.39 bits per heavy atom. The molecule has 0 aromatic carbocycles. The summed E-state index contributed by atoms with van der Waals surface area (Å²) < 4.78 is 11.6. The highest BCUT2D eigenvalue weighted by Gasteiger charge is 2.27. The Labute approximate surface area is 142 Å². The smallest absolute Gasteiger partial charge is 0.222 e. The van der Waals surface area contributed by atoms with Gasteiger partial charge in [-0.05, 0) is 39.0 Å². The van der Waals surface area contributed by atoms with Crippen LogP contribution in [0.1, 0.15) is 49.2 Å². The second-order valence-corrected chi connectivity index (χ2v) is 7.51. The van der Waals surface area contributed by atoms with E-state index in [1.54, 1.807) is 11.3 Å². The fourth-order valence-corrected chi connectivity index (χ4v) is 3.84. The third-order valence-electron chi connectivity index (χ3n) is 4.59. The topological polar surface area (TPSA) is 51.7 Å². The average molecular weight is 338 g/mol. The van der Waals surface area contributed by atoms with Gasteiger partial charge < -0.3 is 14.4 Å². The van der Waals surface area contributed by atoms with Crippen molar-refractivity contribution in [1.29, 1.82) is 0 Å². The second-order valence-electron chi connectivity index (χ2n) is 6.45. The van der Waals surface area contributed by atoms with E-state index < -0.39 is 0 Å². The summed E-state index contributed by atoms with van der Waals surface area (Å²) in [4.78, 5) is 18.7. The lowest BCUT2D eigenvalue weighted by molar-refractivity contribution is -0.131. The molecule has 6 heteroatoms. The lowest BCUT2D eigenvalue weighted by Crippen LogP contribution is -2.31. The van der Waals surface area contributed by atoms with E-state index in [2.05, 4.69) is 4.98 Å². The Hall–Kier alpha value is -0.980. The van der Waals surface area contributed by atoms with Gasteiger partial charge in [0.05, 0.1) is 29.5 Å². The first-order valence-corrected chi connectivity index (χ1v) is 9.50. The number of amides is 1.